The molecule has 5 heteroatoms. The number of nitrogen functional groups attached to an aromatic ring is 1. The Morgan fingerprint density at radius 3 is 2.56 bits per heavy atom. The van der Waals surface area contributed by atoms with Crippen LogP contribution in [0.5, 0.6) is 0 Å². The van der Waals surface area contributed by atoms with Crippen LogP contribution in [-0.2, 0) is 0 Å². The standard InChI is InChI=1S/C11H11BrClN3/c1-6-11(13)7(2)16(15-6)10-4-3-8(14)5-9(10)12/h3-5H,14H2,1-2H3. The van der Waals surface area contributed by atoms with E-state index < -0.39 is 0 Å². The first-order valence-electron chi connectivity index (χ1n) is 4.78. The molecule has 2 aromatic rings. The maximum atomic E-state index is 6.11. The zero-order chi connectivity index (χ0) is 11.9. The Balaban J connectivity index is 2.63. The topological polar surface area (TPSA) is 43.8 Å². The number of rotatable bonds is 1. The predicted molar refractivity (Wildman–Crippen MR) is 70.2 cm³/mol. The summed E-state index contributed by atoms with van der Waals surface area (Å²) in [5.41, 5.74) is 9.08. The molecule has 0 amide bonds. The van der Waals surface area contributed by atoms with Gasteiger partial charge in [-0.3, -0.25) is 0 Å². The van der Waals surface area contributed by atoms with Gasteiger partial charge in [0.05, 0.1) is 22.1 Å². The average Bonchev–Trinajstić information content (AvgIpc) is 2.46. The zero-order valence-electron chi connectivity index (χ0n) is 8.96. The average molecular weight is 301 g/mol. The lowest BCUT2D eigenvalue weighted by molar-refractivity contribution is 0.830. The van der Waals surface area contributed by atoms with Crippen LogP contribution in [0.15, 0.2) is 22.7 Å². The van der Waals surface area contributed by atoms with Gasteiger partial charge < -0.3 is 5.73 Å². The lowest BCUT2D eigenvalue weighted by atomic mass is 10.3. The third-order valence-corrected chi connectivity index (χ3v) is 3.59. The lowest BCUT2D eigenvalue weighted by Crippen LogP contribution is -2.00. The predicted octanol–water partition coefficient (Wildman–Crippen LogP) is 3.49. The molecular weight excluding hydrogens is 289 g/mol. The van der Waals surface area contributed by atoms with Gasteiger partial charge in [0.2, 0.25) is 0 Å². The summed E-state index contributed by atoms with van der Waals surface area (Å²) in [4.78, 5) is 0. The van der Waals surface area contributed by atoms with Crippen molar-refractivity contribution >= 4 is 33.2 Å². The van der Waals surface area contributed by atoms with Crippen molar-refractivity contribution in [2.75, 3.05) is 5.73 Å². The fourth-order valence-electron chi connectivity index (χ4n) is 1.55. The summed E-state index contributed by atoms with van der Waals surface area (Å²) in [5, 5.41) is 5.08. The molecule has 1 heterocycles. The summed E-state index contributed by atoms with van der Waals surface area (Å²) in [7, 11) is 0. The number of halogens is 2. The maximum Gasteiger partial charge on any atom is 0.0848 e. The fourth-order valence-corrected chi connectivity index (χ4v) is 2.24. The lowest BCUT2D eigenvalue weighted by Gasteiger charge is -2.07. The van der Waals surface area contributed by atoms with Gasteiger partial charge in [-0.1, -0.05) is 11.6 Å². The van der Waals surface area contributed by atoms with Crippen molar-refractivity contribution in [1.29, 1.82) is 0 Å². The molecule has 0 aliphatic rings. The second-order valence-corrected chi connectivity index (χ2v) is 4.84. The molecule has 0 bridgehead atoms. The molecule has 0 aliphatic heterocycles. The Kier molecular flexibility index (Phi) is 2.95. The number of hydrogen-bond donors (Lipinski definition) is 1. The molecule has 0 radical (unpaired) electrons. The fraction of sp³-hybridized carbons (Fsp3) is 0.182. The van der Waals surface area contributed by atoms with Crippen molar-refractivity contribution in [3.8, 4) is 5.69 Å². The van der Waals surface area contributed by atoms with Gasteiger partial charge in [-0.15, -0.1) is 0 Å². The van der Waals surface area contributed by atoms with Crippen LogP contribution in [0.2, 0.25) is 5.02 Å². The molecule has 0 spiro atoms. The minimum atomic E-state index is 0.698. The Bertz CT molecular complexity index is 548. The van der Waals surface area contributed by atoms with Gasteiger partial charge in [0, 0.05) is 10.2 Å². The first-order chi connectivity index (χ1) is 7.50. The third kappa shape index (κ3) is 1.83. The minimum Gasteiger partial charge on any atom is -0.399 e. The van der Waals surface area contributed by atoms with Crippen molar-refractivity contribution in [2.45, 2.75) is 13.8 Å². The summed E-state index contributed by atoms with van der Waals surface area (Å²) >= 11 is 9.58. The number of nitrogens with two attached hydrogens (primary N) is 1. The van der Waals surface area contributed by atoms with E-state index >= 15 is 0 Å². The molecule has 0 unspecified atom stereocenters. The molecule has 0 fully saturated rings. The minimum absolute atomic E-state index is 0.698. The molecule has 3 nitrogen and oxygen atoms in total. The van der Waals surface area contributed by atoms with Crippen molar-refractivity contribution < 1.29 is 0 Å². The van der Waals surface area contributed by atoms with Crippen LogP contribution in [0.25, 0.3) is 5.69 Å². The number of anilines is 1. The summed E-state index contributed by atoms with van der Waals surface area (Å²) in [6.45, 7) is 3.82. The van der Waals surface area contributed by atoms with Crippen LogP contribution in [-0.4, -0.2) is 9.78 Å². The molecule has 1 aromatic heterocycles. The quantitative estimate of drug-likeness (QED) is 0.819. The van der Waals surface area contributed by atoms with E-state index in [-0.39, 0.29) is 0 Å². The molecular formula is C11H11BrClN3. The number of nitrogens with zero attached hydrogens (tertiary/aromatic N) is 2. The summed E-state index contributed by atoms with van der Waals surface area (Å²) in [6.07, 6.45) is 0. The summed E-state index contributed by atoms with van der Waals surface area (Å²) < 4.78 is 2.70. The molecule has 16 heavy (non-hydrogen) atoms. The van der Waals surface area contributed by atoms with E-state index in [4.69, 9.17) is 17.3 Å². The third-order valence-electron chi connectivity index (χ3n) is 2.40. The van der Waals surface area contributed by atoms with Crippen molar-refractivity contribution in [1.82, 2.24) is 9.78 Å². The van der Waals surface area contributed by atoms with Crippen LogP contribution < -0.4 is 5.73 Å². The molecule has 0 atom stereocenters. The normalized spacial score (nSPS) is 10.8. The van der Waals surface area contributed by atoms with Gasteiger partial charge in [-0.25, -0.2) is 4.68 Å². The Labute approximate surface area is 107 Å². The maximum absolute atomic E-state index is 6.11. The van der Waals surface area contributed by atoms with Gasteiger partial charge in [0.25, 0.3) is 0 Å². The molecule has 2 N–H and O–H groups in total. The van der Waals surface area contributed by atoms with E-state index in [2.05, 4.69) is 21.0 Å². The van der Waals surface area contributed by atoms with Crippen LogP contribution >= 0.6 is 27.5 Å². The second-order valence-electron chi connectivity index (χ2n) is 3.61. The molecule has 0 aliphatic carbocycles. The van der Waals surface area contributed by atoms with Gasteiger partial charge in [0.15, 0.2) is 0 Å². The Morgan fingerprint density at radius 2 is 2.06 bits per heavy atom. The van der Waals surface area contributed by atoms with Gasteiger partial charge in [-0.05, 0) is 48.0 Å². The van der Waals surface area contributed by atoms with E-state index in [1.165, 1.54) is 0 Å². The number of aryl methyl sites for hydroxylation is 1. The van der Waals surface area contributed by atoms with Gasteiger partial charge in [-0.2, -0.15) is 5.10 Å². The SMILES string of the molecule is Cc1nn(-c2ccc(N)cc2Br)c(C)c1Cl. The number of aromatic nitrogens is 2. The molecule has 0 saturated heterocycles. The Morgan fingerprint density at radius 1 is 1.38 bits per heavy atom. The first-order valence-corrected chi connectivity index (χ1v) is 5.95. The van der Waals surface area contributed by atoms with Crippen LogP contribution in [0.4, 0.5) is 5.69 Å². The highest BCUT2D eigenvalue weighted by atomic mass is 79.9. The molecule has 0 saturated carbocycles. The highest BCUT2D eigenvalue weighted by Gasteiger charge is 2.12. The molecule has 2 rings (SSSR count). The molecule has 84 valence electrons. The molecule has 1 aromatic carbocycles. The number of benzene rings is 1. The smallest absolute Gasteiger partial charge is 0.0848 e. The summed E-state index contributed by atoms with van der Waals surface area (Å²) in [5.74, 6) is 0. The highest BCUT2D eigenvalue weighted by Crippen LogP contribution is 2.28. The monoisotopic (exact) mass is 299 g/mol. The second kappa shape index (κ2) is 4.11. The largest absolute Gasteiger partial charge is 0.399 e. The van der Waals surface area contributed by atoms with E-state index in [1.807, 2.05) is 32.0 Å². The highest BCUT2D eigenvalue weighted by molar-refractivity contribution is 9.10. The number of hydrogen-bond acceptors (Lipinski definition) is 2. The van der Waals surface area contributed by atoms with Crippen molar-refractivity contribution in [3.63, 3.8) is 0 Å². The Hall–Kier alpha value is -1.000. The first kappa shape index (κ1) is 11.5. The van der Waals surface area contributed by atoms with E-state index in [0.29, 0.717) is 10.7 Å². The van der Waals surface area contributed by atoms with Crippen LogP contribution in [0.1, 0.15) is 11.4 Å². The van der Waals surface area contributed by atoms with Crippen LogP contribution in [0.3, 0.4) is 0 Å². The van der Waals surface area contributed by atoms with Crippen molar-refractivity contribution in [3.05, 3.63) is 39.1 Å². The van der Waals surface area contributed by atoms with E-state index in [9.17, 15) is 0 Å². The zero-order valence-corrected chi connectivity index (χ0v) is 11.3. The summed E-state index contributed by atoms with van der Waals surface area (Å²) in [6, 6.07) is 5.60. The van der Waals surface area contributed by atoms with Gasteiger partial charge >= 0.3 is 0 Å². The van der Waals surface area contributed by atoms with E-state index in [1.54, 1.807) is 4.68 Å². The van der Waals surface area contributed by atoms with Crippen molar-refractivity contribution in [2.24, 2.45) is 0 Å². The van der Waals surface area contributed by atoms with Crippen LogP contribution in [0, 0.1) is 13.8 Å². The van der Waals surface area contributed by atoms with E-state index in [0.717, 1.165) is 21.5 Å². The van der Waals surface area contributed by atoms with Gasteiger partial charge in [0.1, 0.15) is 0 Å².